The molecule has 2 aromatic heterocycles. The fourth-order valence-electron chi connectivity index (χ4n) is 2.04. The summed E-state index contributed by atoms with van der Waals surface area (Å²) >= 11 is 11.7. The number of halogens is 3. The quantitative estimate of drug-likeness (QED) is 0.808. The van der Waals surface area contributed by atoms with Gasteiger partial charge in [0.1, 0.15) is 16.4 Å². The summed E-state index contributed by atoms with van der Waals surface area (Å²) in [5.74, 6) is 0.915. The second-order valence-electron chi connectivity index (χ2n) is 3.94. The minimum atomic E-state index is 0. The third kappa shape index (κ3) is 2.38. The van der Waals surface area contributed by atoms with Crippen molar-refractivity contribution >= 4 is 46.7 Å². The van der Waals surface area contributed by atoms with Gasteiger partial charge in [0.2, 0.25) is 0 Å². The lowest BCUT2D eigenvalue weighted by Gasteiger charge is -2.04. The van der Waals surface area contributed by atoms with Crippen molar-refractivity contribution in [2.75, 3.05) is 6.54 Å². The Morgan fingerprint density at radius 2 is 2.18 bits per heavy atom. The molecule has 0 aliphatic carbocycles. The summed E-state index contributed by atoms with van der Waals surface area (Å²) in [5, 5.41) is 4.12. The Kier molecular flexibility index (Phi) is 3.83. The van der Waals surface area contributed by atoms with Gasteiger partial charge in [0, 0.05) is 12.1 Å². The van der Waals surface area contributed by atoms with Gasteiger partial charge in [0.25, 0.3) is 0 Å². The van der Waals surface area contributed by atoms with E-state index in [9.17, 15) is 0 Å². The maximum atomic E-state index is 5.89. The van der Waals surface area contributed by atoms with E-state index in [1.54, 1.807) is 6.07 Å². The molecule has 1 aliphatic heterocycles. The Morgan fingerprint density at radius 1 is 1.35 bits per heavy atom. The highest BCUT2D eigenvalue weighted by Crippen LogP contribution is 2.31. The SMILES string of the molecule is Cl.Clc1cc2oc([C@@H]3CCCN3)cc2nc1Cl. The van der Waals surface area contributed by atoms with E-state index in [0.29, 0.717) is 21.8 Å². The lowest BCUT2D eigenvalue weighted by Crippen LogP contribution is -2.11. The molecule has 1 atom stereocenters. The Balaban J connectivity index is 0.00000108. The van der Waals surface area contributed by atoms with Crippen molar-refractivity contribution in [2.24, 2.45) is 0 Å². The summed E-state index contributed by atoms with van der Waals surface area (Å²) in [6.07, 6.45) is 2.28. The van der Waals surface area contributed by atoms with E-state index in [0.717, 1.165) is 24.2 Å². The number of nitrogens with zero attached hydrogens (tertiary/aromatic N) is 1. The monoisotopic (exact) mass is 292 g/mol. The smallest absolute Gasteiger partial charge is 0.154 e. The van der Waals surface area contributed by atoms with Crippen LogP contribution in [0.2, 0.25) is 10.2 Å². The van der Waals surface area contributed by atoms with Crippen molar-refractivity contribution in [2.45, 2.75) is 18.9 Å². The zero-order valence-electron chi connectivity index (χ0n) is 8.87. The molecular weight excluding hydrogens is 282 g/mol. The Morgan fingerprint density at radius 3 is 2.88 bits per heavy atom. The van der Waals surface area contributed by atoms with Crippen LogP contribution in [0.25, 0.3) is 11.1 Å². The van der Waals surface area contributed by atoms with Crippen LogP contribution in [0.5, 0.6) is 0 Å². The number of fused-ring (bicyclic) bond motifs is 1. The fraction of sp³-hybridized carbons (Fsp3) is 0.364. The van der Waals surface area contributed by atoms with Crippen LogP contribution in [-0.4, -0.2) is 11.5 Å². The first kappa shape index (κ1) is 13.0. The summed E-state index contributed by atoms with van der Waals surface area (Å²) in [6, 6.07) is 3.94. The average Bonchev–Trinajstić information content (AvgIpc) is 2.86. The first-order valence-electron chi connectivity index (χ1n) is 5.23. The molecular formula is C11H11Cl3N2O. The van der Waals surface area contributed by atoms with Gasteiger partial charge in [-0.1, -0.05) is 23.2 Å². The molecule has 3 nitrogen and oxygen atoms in total. The maximum Gasteiger partial charge on any atom is 0.154 e. The molecule has 0 spiro atoms. The van der Waals surface area contributed by atoms with Gasteiger partial charge in [0.05, 0.1) is 11.1 Å². The number of nitrogens with one attached hydrogen (secondary N) is 1. The Bertz CT molecular complexity index is 496. The molecule has 1 fully saturated rings. The second-order valence-corrected chi connectivity index (χ2v) is 4.71. The summed E-state index contributed by atoms with van der Waals surface area (Å²) in [7, 11) is 0. The lowest BCUT2D eigenvalue weighted by molar-refractivity contribution is 0.471. The lowest BCUT2D eigenvalue weighted by atomic mass is 10.2. The molecule has 0 aromatic carbocycles. The van der Waals surface area contributed by atoms with Crippen LogP contribution in [0, 0.1) is 0 Å². The van der Waals surface area contributed by atoms with Crippen molar-refractivity contribution in [1.29, 1.82) is 0 Å². The predicted octanol–water partition coefficient (Wildman–Crippen LogP) is 3.98. The fourth-order valence-corrected chi connectivity index (χ4v) is 2.33. The highest BCUT2D eigenvalue weighted by Gasteiger charge is 2.20. The molecule has 0 bridgehead atoms. The van der Waals surface area contributed by atoms with Crippen LogP contribution in [0.3, 0.4) is 0 Å². The average molecular weight is 294 g/mol. The molecule has 1 saturated heterocycles. The van der Waals surface area contributed by atoms with Gasteiger partial charge in [-0.15, -0.1) is 12.4 Å². The van der Waals surface area contributed by atoms with E-state index < -0.39 is 0 Å². The van der Waals surface area contributed by atoms with Crippen LogP contribution < -0.4 is 5.32 Å². The minimum absolute atomic E-state index is 0. The number of hydrogen-bond donors (Lipinski definition) is 1. The van der Waals surface area contributed by atoms with E-state index in [2.05, 4.69) is 10.3 Å². The van der Waals surface area contributed by atoms with Crippen molar-refractivity contribution in [1.82, 2.24) is 10.3 Å². The molecule has 0 saturated carbocycles. The molecule has 17 heavy (non-hydrogen) atoms. The van der Waals surface area contributed by atoms with Gasteiger partial charge in [-0.05, 0) is 19.4 Å². The number of pyridine rings is 1. The molecule has 1 aliphatic rings. The predicted molar refractivity (Wildman–Crippen MR) is 71.3 cm³/mol. The number of rotatable bonds is 1. The molecule has 0 amide bonds. The molecule has 1 N–H and O–H groups in total. The molecule has 3 heterocycles. The molecule has 2 aromatic rings. The van der Waals surface area contributed by atoms with Crippen LogP contribution >= 0.6 is 35.6 Å². The standard InChI is InChI=1S/C11H10Cl2N2O.ClH/c12-6-4-9-8(15-11(6)13)5-10(16-9)7-2-1-3-14-7;/h4-5,7,14H,1-3H2;1H/t7-;/m0./s1. The first-order chi connectivity index (χ1) is 7.74. The molecule has 92 valence electrons. The number of aromatic nitrogens is 1. The van der Waals surface area contributed by atoms with Crippen LogP contribution in [0.15, 0.2) is 16.5 Å². The van der Waals surface area contributed by atoms with E-state index in [1.807, 2.05) is 6.07 Å². The van der Waals surface area contributed by atoms with Crippen molar-refractivity contribution in [3.63, 3.8) is 0 Å². The summed E-state index contributed by atoms with van der Waals surface area (Å²) in [6.45, 7) is 1.04. The molecule has 3 rings (SSSR count). The first-order valence-corrected chi connectivity index (χ1v) is 5.98. The zero-order chi connectivity index (χ0) is 11.1. The third-order valence-electron chi connectivity index (χ3n) is 2.84. The zero-order valence-corrected chi connectivity index (χ0v) is 11.2. The van der Waals surface area contributed by atoms with Crippen molar-refractivity contribution < 1.29 is 4.42 Å². The highest BCUT2D eigenvalue weighted by atomic mass is 35.5. The van der Waals surface area contributed by atoms with Gasteiger partial charge in [-0.2, -0.15) is 0 Å². The van der Waals surface area contributed by atoms with Gasteiger partial charge in [0.15, 0.2) is 5.58 Å². The van der Waals surface area contributed by atoms with E-state index in [-0.39, 0.29) is 12.4 Å². The molecule has 6 heteroatoms. The normalized spacial score (nSPS) is 19.5. The Labute approximate surface area is 115 Å². The number of hydrogen-bond acceptors (Lipinski definition) is 3. The minimum Gasteiger partial charge on any atom is -0.458 e. The molecule has 0 unspecified atom stereocenters. The molecule has 0 radical (unpaired) electrons. The van der Waals surface area contributed by atoms with Gasteiger partial charge in [-0.3, -0.25) is 0 Å². The number of furan rings is 1. The Hall–Kier alpha value is -0.480. The van der Waals surface area contributed by atoms with Crippen LogP contribution in [-0.2, 0) is 0 Å². The van der Waals surface area contributed by atoms with E-state index >= 15 is 0 Å². The third-order valence-corrected chi connectivity index (χ3v) is 3.51. The maximum absolute atomic E-state index is 5.89. The van der Waals surface area contributed by atoms with Crippen LogP contribution in [0.4, 0.5) is 0 Å². The van der Waals surface area contributed by atoms with Gasteiger partial charge < -0.3 is 9.73 Å². The van der Waals surface area contributed by atoms with Gasteiger partial charge >= 0.3 is 0 Å². The van der Waals surface area contributed by atoms with E-state index in [1.165, 1.54) is 6.42 Å². The highest BCUT2D eigenvalue weighted by molar-refractivity contribution is 6.41. The second kappa shape index (κ2) is 5.02. The summed E-state index contributed by atoms with van der Waals surface area (Å²) in [5.41, 5.74) is 1.45. The largest absolute Gasteiger partial charge is 0.458 e. The summed E-state index contributed by atoms with van der Waals surface area (Å²) in [4.78, 5) is 4.18. The van der Waals surface area contributed by atoms with E-state index in [4.69, 9.17) is 27.6 Å². The van der Waals surface area contributed by atoms with Crippen LogP contribution in [0.1, 0.15) is 24.6 Å². The van der Waals surface area contributed by atoms with Crippen molar-refractivity contribution in [3.05, 3.63) is 28.1 Å². The topological polar surface area (TPSA) is 38.1 Å². The summed E-state index contributed by atoms with van der Waals surface area (Å²) < 4.78 is 5.72. The van der Waals surface area contributed by atoms with Crippen molar-refractivity contribution in [3.8, 4) is 0 Å². The van der Waals surface area contributed by atoms with Gasteiger partial charge in [-0.25, -0.2) is 4.98 Å².